The average molecular weight is 414 g/mol. The highest BCUT2D eigenvalue weighted by atomic mass is 32.1. The number of esters is 1. The summed E-state index contributed by atoms with van der Waals surface area (Å²) in [4.78, 5) is 43.2. The molecule has 8 nitrogen and oxygen atoms in total. The van der Waals surface area contributed by atoms with Crippen molar-refractivity contribution in [2.45, 2.75) is 13.8 Å². The van der Waals surface area contributed by atoms with Crippen molar-refractivity contribution in [3.63, 3.8) is 0 Å². The van der Waals surface area contributed by atoms with E-state index in [1.807, 2.05) is 49.0 Å². The minimum Gasteiger partial charge on any atom is -0.451 e. The average Bonchev–Trinajstić information content (AvgIpc) is 3.31. The lowest BCUT2D eigenvalue weighted by Gasteiger charge is -2.11. The van der Waals surface area contributed by atoms with Crippen molar-refractivity contribution in [3.05, 3.63) is 46.7 Å². The SMILES string of the molecule is Cc1cc(C)c2c(-n3cccc3)c(C(=O)OCC(=O)NCC(=O)N(C)C)sc2n1. The predicted molar refractivity (Wildman–Crippen MR) is 110 cm³/mol. The first-order valence-electron chi connectivity index (χ1n) is 8.96. The Morgan fingerprint density at radius 1 is 1.21 bits per heavy atom. The Balaban J connectivity index is 1.83. The van der Waals surface area contributed by atoms with Gasteiger partial charge in [0, 0.05) is 37.6 Å². The summed E-state index contributed by atoms with van der Waals surface area (Å²) in [5.74, 6) is -1.40. The van der Waals surface area contributed by atoms with Gasteiger partial charge in [-0.1, -0.05) is 0 Å². The fourth-order valence-corrected chi connectivity index (χ4v) is 4.06. The van der Waals surface area contributed by atoms with E-state index in [-0.39, 0.29) is 12.5 Å². The van der Waals surface area contributed by atoms with Crippen molar-refractivity contribution in [3.8, 4) is 5.69 Å². The van der Waals surface area contributed by atoms with E-state index in [1.54, 1.807) is 14.1 Å². The van der Waals surface area contributed by atoms with Crippen LogP contribution in [0.3, 0.4) is 0 Å². The summed E-state index contributed by atoms with van der Waals surface area (Å²) in [6.07, 6.45) is 3.69. The number of hydrogen-bond donors (Lipinski definition) is 1. The van der Waals surface area contributed by atoms with Gasteiger partial charge >= 0.3 is 5.97 Å². The highest BCUT2D eigenvalue weighted by Crippen LogP contribution is 2.36. The van der Waals surface area contributed by atoms with Gasteiger partial charge in [-0.05, 0) is 37.6 Å². The fraction of sp³-hybridized carbons (Fsp3) is 0.300. The number of fused-ring (bicyclic) bond motifs is 1. The van der Waals surface area contributed by atoms with Crippen molar-refractivity contribution in [1.29, 1.82) is 0 Å². The minimum atomic E-state index is -0.608. The molecule has 3 heterocycles. The lowest BCUT2D eigenvalue weighted by Crippen LogP contribution is -2.38. The van der Waals surface area contributed by atoms with Gasteiger partial charge < -0.3 is 19.5 Å². The normalized spacial score (nSPS) is 10.8. The molecule has 0 fully saturated rings. The molecule has 29 heavy (non-hydrogen) atoms. The number of carbonyl (C=O) groups excluding carboxylic acids is 3. The summed E-state index contributed by atoms with van der Waals surface area (Å²) >= 11 is 1.23. The molecule has 0 bridgehead atoms. The third-order valence-corrected chi connectivity index (χ3v) is 5.33. The monoisotopic (exact) mass is 414 g/mol. The molecule has 0 unspecified atom stereocenters. The smallest absolute Gasteiger partial charge is 0.351 e. The summed E-state index contributed by atoms with van der Waals surface area (Å²) in [5.41, 5.74) is 2.56. The highest BCUT2D eigenvalue weighted by molar-refractivity contribution is 7.21. The van der Waals surface area contributed by atoms with Gasteiger partial charge in [-0.15, -0.1) is 11.3 Å². The van der Waals surface area contributed by atoms with Crippen molar-refractivity contribution in [2.75, 3.05) is 27.2 Å². The Kier molecular flexibility index (Phi) is 5.97. The third-order valence-electron chi connectivity index (χ3n) is 4.28. The molecule has 3 aromatic rings. The molecule has 0 saturated carbocycles. The minimum absolute atomic E-state index is 0.150. The van der Waals surface area contributed by atoms with Crippen LogP contribution in [0.2, 0.25) is 0 Å². The van der Waals surface area contributed by atoms with E-state index in [4.69, 9.17) is 4.74 Å². The molecule has 0 spiro atoms. The Morgan fingerprint density at radius 3 is 2.55 bits per heavy atom. The zero-order valence-electron chi connectivity index (χ0n) is 16.7. The molecule has 1 N–H and O–H groups in total. The molecule has 0 radical (unpaired) electrons. The van der Waals surface area contributed by atoms with Crippen molar-refractivity contribution < 1.29 is 19.1 Å². The molecule has 3 rings (SSSR count). The number of ether oxygens (including phenoxy) is 1. The maximum absolute atomic E-state index is 12.8. The molecule has 0 aromatic carbocycles. The van der Waals surface area contributed by atoms with Crippen LogP contribution in [0, 0.1) is 13.8 Å². The molecule has 2 amide bonds. The van der Waals surface area contributed by atoms with Crippen LogP contribution in [0.25, 0.3) is 15.9 Å². The van der Waals surface area contributed by atoms with Gasteiger partial charge in [-0.3, -0.25) is 9.59 Å². The summed E-state index contributed by atoms with van der Waals surface area (Å²) in [5, 5.41) is 3.31. The standard InChI is InChI=1S/C20H22N4O4S/c1-12-9-13(2)22-19-16(12)17(24-7-5-6-8-24)18(29-19)20(27)28-11-14(25)21-10-15(26)23(3)4/h5-9H,10-11H2,1-4H3,(H,21,25). The number of nitrogens with zero attached hydrogens (tertiary/aromatic N) is 3. The lowest BCUT2D eigenvalue weighted by atomic mass is 10.1. The predicted octanol–water partition coefficient (Wildman–Crippen LogP) is 2.07. The van der Waals surface area contributed by atoms with Gasteiger partial charge in [0.1, 0.15) is 9.71 Å². The fourth-order valence-electron chi connectivity index (χ4n) is 2.87. The molecular formula is C20H22N4O4S. The zero-order valence-corrected chi connectivity index (χ0v) is 17.5. The van der Waals surface area contributed by atoms with Crippen LogP contribution >= 0.6 is 11.3 Å². The zero-order chi connectivity index (χ0) is 21.1. The largest absolute Gasteiger partial charge is 0.451 e. The Bertz CT molecular complexity index is 1070. The number of pyridine rings is 1. The Labute approximate surface area is 172 Å². The van der Waals surface area contributed by atoms with Gasteiger partial charge in [0.25, 0.3) is 5.91 Å². The van der Waals surface area contributed by atoms with Crippen molar-refractivity contribution in [2.24, 2.45) is 0 Å². The molecule has 0 aliphatic carbocycles. The molecule has 0 atom stereocenters. The maximum Gasteiger partial charge on any atom is 0.351 e. The number of carbonyl (C=O) groups is 3. The van der Waals surface area contributed by atoms with Crippen LogP contribution in [0.4, 0.5) is 0 Å². The summed E-state index contributed by atoms with van der Waals surface area (Å²) in [6, 6.07) is 5.70. The number of rotatable bonds is 6. The van der Waals surface area contributed by atoms with Crippen LogP contribution in [0.15, 0.2) is 30.6 Å². The van der Waals surface area contributed by atoms with Crippen molar-refractivity contribution >= 4 is 39.3 Å². The van der Waals surface area contributed by atoms with E-state index in [1.165, 1.54) is 16.2 Å². The van der Waals surface area contributed by atoms with E-state index in [2.05, 4.69) is 10.3 Å². The van der Waals surface area contributed by atoms with Gasteiger partial charge in [0.05, 0.1) is 12.2 Å². The van der Waals surface area contributed by atoms with Crippen LogP contribution in [0.1, 0.15) is 20.9 Å². The molecule has 0 saturated heterocycles. The molecule has 9 heteroatoms. The second-order valence-corrected chi connectivity index (χ2v) is 7.77. The first-order chi connectivity index (χ1) is 13.8. The van der Waals surface area contributed by atoms with E-state index < -0.39 is 18.5 Å². The number of aromatic nitrogens is 2. The number of likely N-dealkylation sites (N-methyl/N-ethyl adjacent to an activating group) is 1. The number of amides is 2. The molecule has 3 aromatic heterocycles. The molecular weight excluding hydrogens is 392 g/mol. The summed E-state index contributed by atoms with van der Waals surface area (Å²) in [7, 11) is 3.19. The maximum atomic E-state index is 12.8. The topological polar surface area (TPSA) is 93.5 Å². The van der Waals surface area contributed by atoms with Gasteiger partial charge in [-0.25, -0.2) is 9.78 Å². The van der Waals surface area contributed by atoms with Gasteiger partial charge in [0.15, 0.2) is 6.61 Å². The number of thiophene rings is 1. The Morgan fingerprint density at radius 2 is 1.90 bits per heavy atom. The van der Waals surface area contributed by atoms with E-state index in [9.17, 15) is 14.4 Å². The van der Waals surface area contributed by atoms with Crippen LogP contribution in [-0.2, 0) is 14.3 Å². The first-order valence-corrected chi connectivity index (χ1v) is 9.77. The Hall–Kier alpha value is -3.20. The van der Waals surface area contributed by atoms with E-state index in [0.717, 1.165) is 21.5 Å². The van der Waals surface area contributed by atoms with Gasteiger partial charge in [-0.2, -0.15) is 0 Å². The van der Waals surface area contributed by atoms with Crippen LogP contribution < -0.4 is 5.32 Å². The number of hydrogen-bond acceptors (Lipinski definition) is 6. The highest BCUT2D eigenvalue weighted by Gasteiger charge is 2.24. The molecule has 152 valence electrons. The summed E-state index contributed by atoms with van der Waals surface area (Å²) < 4.78 is 7.06. The second kappa shape index (κ2) is 8.44. The van der Waals surface area contributed by atoms with Crippen LogP contribution in [-0.4, -0.2) is 59.5 Å². The number of aryl methyl sites for hydroxylation is 2. The second-order valence-electron chi connectivity index (χ2n) is 6.77. The summed E-state index contributed by atoms with van der Waals surface area (Å²) in [6.45, 7) is 3.26. The number of nitrogens with one attached hydrogen (secondary N) is 1. The van der Waals surface area contributed by atoms with Crippen molar-refractivity contribution in [1.82, 2.24) is 19.8 Å². The van der Waals surface area contributed by atoms with E-state index >= 15 is 0 Å². The first kappa shape index (κ1) is 20.5. The lowest BCUT2D eigenvalue weighted by molar-refractivity contribution is -0.131. The molecule has 0 aliphatic rings. The van der Waals surface area contributed by atoms with E-state index in [0.29, 0.717) is 10.6 Å². The van der Waals surface area contributed by atoms with Gasteiger partial charge in [0.2, 0.25) is 5.91 Å². The third kappa shape index (κ3) is 4.45. The van der Waals surface area contributed by atoms with Crippen LogP contribution in [0.5, 0.6) is 0 Å². The molecule has 0 aliphatic heterocycles. The quantitative estimate of drug-likeness (QED) is 0.623.